The van der Waals surface area contributed by atoms with E-state index in [1.165, 1.54) is 18.2 Å². The predicted molar refractivity (Wildman–Crippen MR) is 86.1 cm³/mol. The van der Waals surface area contributed by atoms with Crippen LogP contribution in [-0.2, 0) is 0 Å². The van der Waals surface area contributed by atoms with Crippen LogP contribution in [0.3, 0.4) is 0 Å². The Morgan fingerprint density at radius 3 is 2.09 bits per heavy atom. The van der Waals surface area contributed by atoms with Gasteiger partial charge in [-0.3, -0.25) is 10.2 Å². The van der Waals surface area contributed by atoms with Gasteiger partial charge in [-0.2, -0.15) is 10.2 Å². The lowest BCUT2D eigenvalue weighted by molar-refractivity contribution is 0.623. The summed E-state index contributed by atoms with van der Waals surface area (Å²) in [7, 11) is 0. The number of aromatic nitrogens is 4. The number of hydrogen-bond acceptors (Lipinski definition) is 2. The highest BCUT2D eigenvalue weighted by molar-refractivity contribution is 9.10. The van der Waals surface area contributed by atoms with Gasteiger partial charge < -0.3 is 0 Å². The average Bonchev–Trinajstić information content (AvgIpc) is 3.16. The van der Waals surface area contributed by atoms with Crippen molar-refractivity contribution in [2.75, 3.05) is 0 Å². The number of rotatable bonds is 0. The lowest BCUT2D eigenvalue weighted by atomic mass is 10.2. The van der Waals surface area contributed by atoms with E-state index in [0.29, 0.717) is 15.5 Å². The molecule has 0 fully saturated rings. The molecule has 0 aliphatic carbocycles. The molecule has 0 aliphatic rings. The predicted octanol–water partition coefficient (Wildman–Crippen LogP) is 4.72. The van der Waals surface area contributed by atoms with Crippen LogP contribution < -0.4 is 0 Å². The average molecular weight is 376 g/mol. The Morgan fingerprint density at radius 2 is 1.48 bits per heavy atom. The summed E-state index contributed by atoms with van der Waals surface area (Å²) in [5.41, 5.74) is 1.36. The zero-order chi connectivity index (χ0) is 16.4. The Labute approximate surface area is 137 Å². The van der Waals surface area contributed by atoms with Gasteiger partial charge in [0.15, 0.2) is 0 Å². The third-order valence-electron chi connectivity index (χ3n) is 3.11. The standard InChI is InChI=1S/C8H4FN3.C7H4BrFN2/c1-10-8-2-5-4-11-12-7(5)3-6(8)9;8-5-1-4-3-10-11-7(4)2-6(5)9/h2-4H,(H,11,12);1-3H,(H,10,11). The van der Waals surface area contributed by atoms with Crippen molar-refractivity contribution >= 4 is 43.4 Å². The highest BCUT2D eigenvalue weighted by atomic mass is 79.9. The molecule has 2 aromatic heterocycles. The van der Waals surface area contributed by atoms with Crippen molar-refractivity contribution in [2.24, 2.45) is 0 Å². The molecule has 0 bridgehead atoms. The molecule has 0 aliphatic heterocycles. The molecule has 5 nitrogen and oxygen atoms in total. The second-order valence-electron chi connectivity index (χ2n) is 4.60. The molecule has 4 aromatic rings. The van der Waals surface area contributed by atoms with Crippen molar-refractivity contribution in [3.63, 3.8) is 0 Å². The van der Waals surface area contributed by atoms with Gasteiger partial charge >= 0.3 is 0 Å². The van der Waals surface area contributed by atoms with Crippen LogP contribution in [0.25, 0.3) is 26.7 Å². The summed E-state index contributed by atoms with van der Waals surface area (Å²) in [5, 5.41) is 14.4. The molecule has 2 aromatic carbocycles. The third kappa shape index (κ3) is 3.05. The second kappa shape index (κ2) is 6.14. The van der Waals surface area contributed by atoms with Crippen molar-refractivity contribution in [1.82, 2.24) is 20.4 Å². The van der Waals surface area contributed by atoms with E-state index in [9.17, 15) is 8.78 Å². The van der Waals surface area contributed by atoms with Crippen LogP contribution in [0.15, 0.2) is 41.1 Å². The van der Waals surface area contributed by atoms with Gasteiger partial charge in [-0.25, -0.2) is 13.6 Å². The molecular weight excluding hydrogens is 368 g/mol. The van der Waals surface area contributed by atoms with Gasteiger partial charge in [0.25, 0.3) is 0 Å². The number of H-pyrrole nitrogens is 2. The Hall–Kier alpha value is -2.79. The molecule has 0 atom stereocenters. The Balaban J connectivity index is 0.000000136. The molecule has 0 radical (unpaired) electrons. The Bertz CT molecular complexity index is 995. The van der Waals surface area contributed by atoms with E-state index in [1.54, 1.807) is 18.5 Å². The topological polar surface area (TPSA) is 61.7 Å². The van der Waals surface area contributed by atoms with Gasteiger partial charge in [-0.15, -0.1) is 0 Å². The van der Waals surface area contributed by atoms with Crippen molar-refractivity contribution in [2.45, 2.75) is 0 Å². The molecule has 0 spiro atoms. The van der Waals surface area contributed by atoms with Gasteiger partial charge in [-0.05, 0) is 34.1 Å². The number of halogens is 3. The largest absolute Gasteiger partial charge is 0.278 e. The van der Waals surface area contributed by atoms with Crippen molar-refractivity contribution in [3.05, 3.63) is 64.2 Å². The molecule has 114 valence electrons. The molecule has 0 amide bonds. The number of fused-ring (bicyclic) bond motifs is 2. The first-order chi connectivity index (χ1) is 11.1. The third-order valence-corrected chi connectivity index (χ3v) is 3.72. The number of benzene rings is 2. The minimum Gasteiger partial charge on any atom is -0.278 e. The fourth-order valence-electron chi connectivity index (χ4n) is 1.98. The lowest BCUT2D eigenvalue weighted by Crippen LogP contribution is -1.76. The highest BCUT2D eigenvalue weighted by Gasteiger charge is 2.04. The monoisotopic (exact) mass is 375 g/mol. The first-order valence-electron chi connectivity index (χ1n) is 6.36. The van der Waals surface area contributed by atoms with Crippen LogP contribution in [0.1, 0.15) is 0 Å². The molecule has 0 unspecified atom stereocenters. The summed E-state index contributed by atoms with van der Waals surface area (Å²) >= 11 is 3.08. The molecule has 0 saturated carbocycles. The summed E-state index contributed by atoms with van der Waals surface area (Å²) in [6.45, 7) is 6.67. The number of nitrogens with zero attached hydrogens (tertiary/aromatic N) is 3. The number of nitrogens with one attached hydrogen (secondary N) is 2. The summed E-state index contributed by atoms with van der Waals surface area (Å²) in [5.74, 6) is -0.788. The second-order valence-corrected chi connectivity index (χ2v) is 5.45. The smallest absolute Gasteiger partial charge is 0.222 e. The van der Waals surface area contributed by atoms with E-state index in [1.807, 2.05) is 0 Å². The van der Waals surface area contributed by atoms with Crippen LogP contribution in [0, 0.1) is 18.2 Å². The molecule has 0 saturated heterocycles. The molecule has 4 rings (SSSR count). The van der Waals surface area contributed by atoms with E-state index in [-0.39, 0.29) is 11.5 Å². The number of hydrogen-bond donors (Lipinski definition) is 2. The molecular formula is C15H8BrF2N5. The highest BCUT2D eigenvalue weighted by Crippen LogP contribution is 2.23. The van der Waals surface area contributed by atoms with Gasteiger partial charge in [0, 0.05) is 16.8 Å². The summed E-state index contributed by atoms with van der Waals surface area (Å²) in [4.78, 5) is 3.03. The van der Waals surface area contributed by atoms with Gasteiger partial charge in [0.1, 0.15) is 11.6 Å². The van der Waals surface area contributed by atoms with Crippen LogP contribution in [-0.4, -0.2) is 20.4 Å². The number of aromatic amines is 2. The fraction of sp³-hybridized carbons (Fsp3) is 0. The zero-order valence-corrected chi connectivity index (χ0v) is 13.0. The van der Waals surface area contributed by atoms with E-state index in [4.69, 9.17) is 6.57 Å². The molecule has 2 N–H and O–H groups in total. The van der Waals surface area contributed by atoms with Crippen LogP contribution in [0.5, 0.6) is 0 Å². The van der Waals surface area contributed by atoms with Crippen LogP contribution >= 0.6 is 15.9 Å². The van der Waals surface area contributed by atoms with E-state index in [2.05, 4.69) is 41.2 Å². The zero-order valence-electron chi connectivity index (χ0n) is 11.4. The SMILES string of the molecule is Fc1cc2[nH]ncc2cc1Br.[C-]#[N+]c1cc2cn[nH]c2cc1F. The van der Waals surface area contributed by atoms with Crippen molar-refractivity contribution in [3.8, 4) is 0 Å². The van der Waals surface area contributed by atoms with E-state index >= 15 is 0 Å². The van der Waals surface area contributed by atoms with E-state index < -0.39 is 5.82 Å². The minimum absolute atomic E-state index is 0.0314. The molecule has 8 heteroatoms. The summed E-state index contributed by atoms with van der Waals surface area (Å²) in [6, 6.07) is 5.84. The van der Waals surface area contributed by atoms with E-state index in [0.717, 1.165) is 10.8 Å². The summed E-state index contributed by atoms with van der Waals surface area (Å²) < 4.78 is 26.2. The maximum absolute atomic E-state index is 12.9. The molecule has 23 heavy (non-hydrogen) atoms. The minimum atomic E-state index is -0.512. The first kappa shape index (κ1) is 15.1. The van der Waals surface area contributed by atoms with Crippen LogP contribution in [0.4, 0.5) is 14.5 Å². The van der Waals surface area contributed by atoms with Gasteiger partial charge in [-0.1, -0.05) is 0 Å². The fourth-order valence-corrected chi connectivity index (χ4v) is 2.34. The Kier molecular flexibility index (Phi) is 4.04. The van der Waals surface area contributed by atoms with Crippen molar-refractivity contribution < 1.29 is 8.78 Å². The van der Waals surface area contributed by atoms with Gasteiger partial charge in [0.2, 0.25) is 5.69 Å². The van der Waals surface area contributed by atoms with Crippen LogP contribution in [0.2, 0.25) is 0 Å². The maximum atomic E-state index is 12.9. The van der Waals surface area contributed by atoms with Gasteiger partial charge in [0.05, 0.1) is 34.5 Å². The first-order valence-corrected chi connectivity index (χ1v) is 7.16. The van der Waals surface area contributed by atoms with Crippen molar-refractivity contribution in [1.29, 1.82) is 0 Å². The normalized spacial score (nSPS) is 10.3. The summed E-state index contributed by atoms with van der Waals surface area (Å²) in [6.07, 6.45) is 3.21. The Morgan fingerprint density at radius 1 is 0.913 bits per heavy atom. The lowest BCUT2D eigenvalue weighted by Gasteiger charge is -1.92. The maximum Gasteiger partial charge on any atom is 0.222 e. The quantitative estimate of drug-likeness (QED) is 0.437. The molecule has 2 heterocycles.